The number of methoxy groups -OCH3 is 1. The molecule has 1 saturated heterocycles. The van der Waals surface area contributed by atoms with E-state index in [9.17, 15) is 9.59 Å². The summed E-state index contributed by atoms with van der Waals surface area (Å²) in [6.07, 6.45) is 1.88. The highest BCUT2D eigenvalue weighted by Gasteiger charge is 2.30. The first-order valence-corrected chi connectivity index (χ1v) is 12.8. The van der Waals surface area contributed by atoms with E-state index in [4.69, 9.17) is 9.47 Å². The van der Waals surface area contributed by atoms with Crippen LogP contribution < -0.4 is 4.74 Å². The number of hydrogen-bond donors (Lipinski definition) is 0. The van der Waals surface area contributed by atoms with Crippen molar-refractivity contribution in [2.45, 2.75) is 20.5 Å². The normalized spacial score (nSPS) is 15.6. The number of ether oxygens (including phenoxy) is 2. The third-order valence-electron chi connectivity index (χ3n) is 5.59. The molecule has 1 heterocycles. The lowest BCUT2D eigenvalue weighted by atomic mass is 10.0. The fraction of sp³-hybridized carbons (Fsp3) is 0.179. The van der Waals surface area contributed by atoms with Gasteiger partial charge in [0.25, 0.3) is 5.91 Å². The second-order valence-corrected chi connectivity index (χ2v) is 10.2. The van der Waals surface area contributed by atoms with E-state index in [-0.39, 0.29) is 5.91 Å². The molecule has 0 aliphatic carbocycles. The van der Waals surface area contributed by atoms with Crippen molar-refractivity contribution in [2.24, 2.45) is 4.99 Å². The summed E-state index contributed by atoms with van der Waals surface area (Å²) in [5.41, 5.74) is 5.11. The van der Waals surface area contributed by atoms with Crippen LogP contribution in [0.5, 0.6) is 5.75 Å². The molecule has 3 aromatic carbocycles. The highest BCUT2D eigenvalue weighted by molar-refractivity contribution is 9.10. The van der Waals surface area contributed by atoms with Gasteiger partial charge in [-0.25, -0.2) is 9.79 Å². The number of likely N-dealkylation sites (N-methyl/N-ethyl adjacent to an activating group) is 1. The zero-order chi connectivity index (χ0) is 25.8. The third-order valence-corrected chi connectivity index (χ3v) is 7.18. The van der Waals surface area contributed by atoms with Crippen molar-refractivity contribution >= 4 is 56.5 Å². The molecule has 1 aliphatic rings. The van der Waals surface area contributed by atoms with E-state index in [0.717, 1.165) is 32.5 Å². The van der Waals surface area contributed by atoms with Crippen LogP contribution in [-0.2, 0) is 16.1 Å². The van der Waals surface area contributed by atoms with Gasteiger partial charge in [-0.05, 0) is 102 Å². The van der Waals surface area contributed by atoms with Crippen molar-refractivity contribution in [2.75, 3.05) is 14.2 Å². The smallest absolute Gasteiger partial charge is 0.337 e. The number of amides is 1. The van der Waals surface area contributed by atoms with E-state index in [1.54, 1.807) is 31.3 Å². The number of carbonyl (C=O) groups is 2. The second-order valence-electron chi connectivity index (χ2n) is 8.31. The first kappa shape index (κ1) is 25.7. The molecule has 3 aromatic rings. The summed E-state index contributed by atoms with van der Waals surface area (Å²) in [6.45, 7) is 4.49. The fourth-order valence-corrected chi connectivity index (χ4v) is 4.99. The van der Waals surface area contributed by atoms with Crippen LogP contribution in [0.15, 0.2) is 75.0 Å². The van der Waals surface area contributed by atoms with Gasteiger partial charge in [-0.3, -0.25) is 9.69 Å². The molecule has 184 valence electrons. The van der Waals surface area contributed by atoms with Crippen LogP contribution in [0.25, 0.3) is 6.08 Å². The largest absolute Gasteiger partial charge is 0.488 e. The highest BCUT2D eigenvalue weighted by Crippen LogP contribution is 2.34. The minimum Gasteiger partial charge on any atom is -0.488 e. The molecule has 8 heteroatoms. The molecular weight excluding hydrogens is 540 g/mol. The first-order chi connectivity index (χ1) is 17.2. The Bertz CT molecular complexity index is 1340. The van der Waals surface area contributed by atoms with Crippen LogP contribution in [0, 0.1) is 13.8 Å². The van der Waals surface area contributed by atoms with Gasteiger partial charge in [-0.1, -0.05) is 28.1 Å². The fourth-order valence-electron chi connectivity index (χ4n) is 3.73. The van der Waals surface area contributed by atoms with Gasteiger partial charge in [-0.15, -0.1) is 0 Å². The third kappa shape index (κ3) is 5.88. The second kappa shape index (κ2) is 11.1. The van der Waals surface area contributed by atoms with E-state index < -0.39 is 5.97 Å². The molecule has 1 amide bonds. The summed E-state index contributed by atoms with van der Waals surface area (Å²) >= 11 is 4.77. The molecule has 0 saturated carbocycles. The van der Waals surface area contributed by atoms with Crippen LogP contribution in [0.3, 0.4) is 0 Å². The Morgan fingerprint density at radius 2 is 1.69 bits per heavy atom. The maximum atomic E-state index is 12.9. The number of rotatable bonds is 6. The van der Waals surface area contributed by atoms with Crippen molar-refractivity contribution in [3.8, 4) is 5.75 Å². The number of aryl methyl sites for hydroxylation is 2. The summed E-state index contributed by atoms with van der Waals surface area (Å²) in [6, 6.07) is 18.8. The van der Waals surface area contributed by atoms with Gasteiger partial charge >= 0.3 is 5.97 Å². The highest BCUT2D eigenvalue weighted by atomic mass is 79.9. The average molecular weight is 565 g/mol. The van der Waals surface area contributed by atoms with Gasteiger partial charge in [-0.2, -0.15) is 0 Å². The van der Waals surface area contributed by atoms with Crippen molar-refractivity contribution in [1.82, 2.24) is 4.90 Å². The molecule has 0 bridgehead atoms. The van der Waals surface area contributed by atoms with Crippen molar-refractivity contribution in [3.63, 3.8) is 0 Å². The lowest BCUT2D eigenvalue weighted by Crippen LogP contribution is -2.23. The van der Waals surface area contributed by atoms with Crippen molar-refractivity contribution in [3.05, 3.63) is 97.9 Å². The number of benzene rings is 3. The van der Waals surface area contributed by atoms with E-state index in [1.165, 1.54) is 23.8 Å². The molecule has 0 N–H and O–H groups in total. The number of aliphatic imine (C=N–C) groups is 1. The van der Waals surface area contributed by atoms with Gasteiger partial charge in [0, 0.05) is 11.5 Å². The minimum absolute atomic E-state index is 0.115. The molecule has 0 aromatic heterocycles. The number of thioether (sulfide) groups is 1. The molecule has 1 fully saturated rings. The number of esters is 1. The maximum Gasteiger partial charge on any atom is 0.337 e. The van der Waals surface area contributed by atoms with Crippen molar-refractivity contribution < 1.29 is 19.1 Å². The zero-order valence-corrected chi connectivity index (χ0v) is 22.8. The molecule has 6 nitrogen and oxygen atoms in total. The Hall–Kier alpha value is -3.36. The van der Waals surface area contributed by atoms with Gasteiger partial charge < -0.3 is 9.47 Å². The summed E-state index contributed by atoms with van der Waals surface area (Å²) < 4.78 is 11.9. The zero-order valence-electron chi connectivity index (χ0n) is 20.4. The SMILES string of the molecule is COC(=O)c1ccc(N=C2S/C(=C\c3cc(C)c(OCc4ccc(Br)cc4)c(C)c3)C(=O)N2C)cc1. The van der Waals surface area contributed by atoms with Crippen LogP contribution in [0.1, 0.15) is 32.6 Å². The predicted octanol–water partition coefficient (Wildman–Crippen LogP) is 6.67. The van der Waals surface area contributed by atoms with Gasteiger partial charge in [0.05, 0.1) is 23.3 Å². The number of carbonyl (C=O) groups excluding carboxylic acids is 2. The van der Waals surface area contributed by atoms with Crippen LogP contribution in [0.4, 0.5) is 5.69 Å². The number of nitrogens with zero attached hydrogens (tertiary/aromatic N) is 2. The Labute approximate surface area is 223 Å². The molecule has 0 unspecified atom stereocenters. The van der Waals surface area contributed by atoms with Crippen LogP contribution >= 0.6 is 27.7 Å². The predicted molar refractivity (Wildman–Crippen MR) is 148 cm³/mol. The van der Waals surface area contributed by atoms with Crippen molar-refractivity contribution in [1.29, 1.82) is 0 Å². The Kier molecular flexibility index (Phi) is 7.96. The van der Waals surface area contributed by atoms with E-state index in [1.807, 2.05) is 56.3 Å². The Morgan fingerprint density at radius 3 is 2.31 bits per heavy atom. The molecule has 1 aliphatic heterocycles. The van der Waals surface area contributed by atoms with Gasteiger partial charge in [0.15, 0.2) is 5.17 Å². The molecule has 0 atom stereocenters. The van der Waals surface area contributed by atoms with E-state index in [0.29, 0.717) is 27.9 Å². The summed E-state index contributed by atoms with van der Waals surface area (Å²) in [5.74, 6) is 0.327. The summed E-state index contributed by atoms with van der Waals surface area (Å²) in [7, 11) is 3.04. The number of hydrogen-bond acceptors (Lipinski definition) is 6. The maximum absolute atomic E-state index is 12.9. The lowest BCUT2D eigenvalue weighted by molar-refractivity contribution is -0.121. The Balaban J connectivity index is 1.51. The topological polar surface area (TPSA) is 68.2 Å². The summed E-state index contributed by atoms with van der Waals surface area (Å²) in [4.78, 5) is 31.2. The van der Waals surface area contributed by atoms with E-state index in [2.05, 4.69) is 20.9 Å². The first-order valence-electron chi connectivity index (χ1n) is 11.2. The molecular formula is C28H25BrN2O4S. The molecule has 0 radical (unpaired) electrons. The summed E-state index contributed by atoms with van der Waals surface area (Å²) in [5, 5.41) is 0.569. The van der Waals surface area contributed by atoms with Gasteiger partial charge in [0.1, 0.15) is 12.4 Å². The van der Waals surface area contributed by atoms with Gasteiger partial charge in [0.2, 0.25) is 0 Å². The van der Waals surface area contributed by atoms with E-state index >= 15 is 0 Å². The minimum atomic E-state index is -0.405. The standard InChI is InChI=1S/C28H25BrN2O4S/c1-17-13-20(14-18(2)25(17)35-16-19-5-9-22(29)10-6-19)15-24-26(32)31(3)28(36-24)30-23-11-7-21(8-12-23)27(33)34-4/h5-15H,16H2,1-4H3/b24-15-,30-28?. The average Bonchev–Trinajstić information content (AvgIpc) is 3.12. The molecule has 4 rings (SSSR count). The quantitative estimate of drug-likeness (QED) is 0.247. The Morgan fingerprint density at radius 1 is 1.06 bits per heavy atom. The molecule has 36 heavy (non-hydrogen) atoms. The lowest BCUT2D eigenvalue weighted by Gasteiger charge is -2.13. The number of amidine groups is 1. The molecule has 0 spiro atoms. The monoisotopic (exact) mass is 564 g/mol. The number of halogens is 1. The van der Waals surface area contributed by atoms with Crippen LogP contribution in [-0.4, -0.2) is 36.1 Å². The van der Waals surface area contributed by atoms with Crippen LogP contribution in [0.2, 0.25) is 0 Å².